The number of morpholine rings is 1. The minimum atomic E-state index is -0.251. The SMILES string of the molecule is CC(C)N(C(=O)c1cnc(N2CCOCC2)nc1C1=C(F)CCC=C1)c1cccc(C(C)(C)C)c1. The molecule has 1 saturated heterocycles. The molecule has 2 aromatic rings. The van der Waals surface area contributed by atoms with Gasteiger partial charge in [-0.2, -0.15) is 0 Å². The fraction of sp³-hybridized carbons (Fsp3) is 0.464. The lowest BCUT2D eigenvalue weighted by Gasteiger charge is -2.30. The van der Waals surface area contributed by atoms with E-state index in [1.165, 1.54) is 0 Å². The number of amides is 1. The fourth-order valence-corrected chi connectivity index (χ4v) is 4.40. The molecule has 35 heavy (non-hydrogen) atoms. The van der Waals surface area contributed by atoms with Crippen LogP contribution in [0.4, 0.5) is 16.0 Å². The minimum absolute atomic E-state index is 0.0589. The molecule has 1 aliphatic heterocycles. The molecular formula is C28H35FN4O2. The van der Waals surface area contributed by atoms with Crippen molar-refractivity contribution in [3.63, 3.8) is 0 Å². The normalized spacial score (nSPS) is 16.7. The van der Waals surface area contributed by atoms with E-state index in [4.69, 9.17) is 9.72 Å². The maximum atomic E-state index is 15.0. The Morgan fingerprint density at radius 1 is 1.20 bits per heavy atom. The summed E-state index contributed by atoms with van der Waals surface area (Å²) in [6.45, 7) is 12.9. The summed E-state index contributed by atoms with van der Waals surface area (Å²) in [6.07, 6.45) is 6.16. The molecule has 1 aliphatic carbocycles. The molecule has 0 N–H and O–H groups in total. The summed E-state index contributed by atoms with van der Waals surface area (Å²) < 4.78 is 20.5. The number of halogens is 1. The van der Waals surface area contributed by atoms with E-state index in [-0.39, 0.29) is 23.2 Å². The lowest BCUT2D eigenvalue weighted by Crippen LogP contribution is -2.39. The summed E-state index contributed by atoms with van der Waals surface area (Å²) in [5.41, 5.74) is 2.89. The number of benzene rings is 1. The van der Waals surface area contributed by atoms with E-state index in [1.807, 2.05) is 37.0 Å². The molecule has 1 aromatic carbocycles. The van der Waals surface area contributed by atoms with E-state index in [1.54, 1.807) is 17.2 Å². The van der Waals surface area contributed by atoms with E-state index >= 15 is 4.39 Å². The molecule has 186 valence electrons. The zero-order chi connectivity index (χ0) is 25.2. The Kier molecular flexibility index (Phi) is 7.36. The summed E-state index contributed by atoms with van der Waals surface area (Å²) in [6, 6.07) is 7.93. The van der Waals surface area contributed by atoms with Crippen molar-refractivity contribution >= 4 is 23.1 Å². The summed E-state index contributed by atoms with van der Waals surface area (Å²) in [5.74, 6) is -0.00202. The summed E-state index contributed by atoms with van der Waals surface area (Å²) in [4.78, 5) is 27.1. The van der Waals surface area contributed by atoms with Crippen molar-refractivity contribution < 1.29 is 13.9 Å². The second-order valence-corrected chi connectivity index (χ2v) is 10.4. The van der Waals surface area contributed by atoms with E-state index in [9.17, 15) is 4.79 Å². The van der Waals surface area contributed by atoms with Crippen LogP contribution in [0, 0.1) is 0 Å². The molecule has 0 radical (unpaired) electrons. The molecule has 0 atom stereocenters. The van der Waals surface area contributed by atoms with Crippen molar-refractivity contribution in [3.05, 3.63) is 65.3 Å². The number of rotatable bonds is 5. The highest BCUT2D eigenvalue weighted by Gasteiger charge is 2.29. The number of ether oxygens (including phenoxy) is 1. The van der Waals surface area contributed by atoms with Crippen LogP contribution in [-0.4, -0.2) is 48.2 Å². The van der Waals surface area contributed by atoms with Gasteiger partial charge in [-0.3, -0.25) is 4.79 Å². The van der Waals surface area contributed by atoms with Crippen molar-refractivity contribution in [2.24, 2.45) is 0 Å². The first kappa shape index (κ1) is 25.0. The predicted octanol–water partition coefficient (Wildman–Crippen LogP) is 5.70. The van der Waals surface area contributed by atoms with Crippen LogP contribution in [0.3, 0.4) is 0 Å². The van der Waals surface area contributed by atoms with E-state index in [0.29, 0.717) is 61.9 Å². The molecular weight excluding hydrogens is 443 g/mol. The number of carbonyl (C=O) groups is 1. The molecule has 4 rings (SSSR count). The van der Waals surface area contributed by atoms with Crippen LogP contribution in [0.5, 0.6) is 0 Å². The van der Waals surface area contributed by atoms with Gasteiger partial charge in [0, 0.05) is 43.0 Å². The van der Waals surface area contributed by atoms with Crippen molar-refractivity contribution in [1.82, 2.24) is 9.97 Å². The van der Waals surface area contributed by atoms with Crippen molar-refractivity contribution in [2.45, 2.75) is 58.9 Å². The topological polar surface area (TPSA) is 58.6 Å². The fourth-order valence-electron chi connectivity index (χ4n) is 4.40. The highest BCUT2D eigenvalue weighted by atomic mass is 19.1. The highest BCUT2D eigenvalue weighted by molar-refractivity contribution is 6.09. The standard InChI is InChI=1S/C28H35FN4O2/c1-19(2)33(21-10-8-9-20(17-21)28(3,4)5)26(34)23-18-30-27(32-13-15-35-16-14-32)31-25(23)22-11-6-7-12-24(22)29/h6,8-11,17-19H,7,12-16H2,1-5H3. The molecule has 1 amide bonds. The number of aromatic nitrogens is 2. The first-order valence-corrected chi connectivity index (χ1v) is 12.4. The van der Waals surface area contributed by atoms with E-state index in [0.717, 1.165) is 11.3 Å². The second kappa shape index (κ2) is 10.3. The van der Waals surface area contributed by atoms with Gasteiger partial charge < -0.3 is 14.5 Å². The second-order valence-electron chi connectivity index (χ2n) is 10.4. The molecule has 0 saturated carbocycles. The predicted molar refractivity (Wildman–Crippen MR) is 139 cm³/mol. The van der Waals surface area contributed by atoms with Gasteiger partial charge in [-0.1, -0.05) is 45.1 Å². The van der Waals surface area contributed by atoms with Gasteiger partial charge in [0.25, 0.3) is 5.91 Å². The lowest BCUT2D eigenvalue weighted by molar-refractivity contribution is 0.0979. The first-order valence-electron chi connectivity index (χ1n) is 12.4. The number of carbonyl (C=O) groups excluding carboxylic acids is 1. The number of nitrogens with zero attached hydrogens (tertiary/aromatic N) is 4. The summed E-state index contributed by atoms with van der Waals surface area (Å²) >= 11 is 0. The van der Waals surface area contributed by atoms with Gasteiger partial charge in [-0.25, -0.2) is 14.4 Å². The van der Waals surface area contributed by atoms with Crippen molar-refractivity contribution in [2.75, 3.05) is 36.1 Å². The van der Waals surface area contributed by atoms with Crippen LogP contribution < -0.4 is 9.80 Å². The molecule has 2 aliphatic rings. The number of allylic oxidation sites excluding steroid dienone is 4. The van der Waals surface area contributed by atoms with Crippen LogP contribution in [0.1, 0.15) is 69.1 Å². The molecule has 0 unspecified atom stereocenters. The first-order chi connectivity index (χ1) is 16.7. The van der Waals surface area contributed by atoms with Crippen molar-refractivity contribution in [1.29, 1.82) is 0 Å². The van der Waals surface area contributed by atoms with Gasteiger partial charge in [0.15, 0.2) is 0 Å². The highest BCUT2D eigenvalue weighted by Crippen LogP contribution is 2.33. The molecule has 6 nitrogen and oxygen atoms in total. The van der Waals surface area contributed by atoms with E-state index < -0.39 is 0 Å². The van der Waals surface area contributed by atoms with Gasteiger partial charge in [0.05, 0.1) is 24.5 Å². The van der Waals surface area contributed by atoms with Gasteiger partial charge in [-0.15, -0.1) is 0 Å². The molecule has 0 bridgehead atoms. The Bertz CT molecular complexity index is 1140. The van der Waals surface area contributed by atoms with Gasteiger partial charge >= 0.3 is 0 Å². The molecule has 0 spiro atoms. The number of hydrogen-bond donors (Lipinski definition) is 0. The van der Waals surface area contributed by atoms with Crippen LogP contribution in [0.2, 0.25) is 0 Å². The van der Waals surface area contributed by atoms with Crippen LogP contribution >= 0.6 is 0 Å². The summed E-state index contributed by atoms with van der Waals surface area (Å²) in [7, 11) is 0. The largest absolute Gasteiger partial charge is 0.378 e. The smallest absolute Gasteiger partial charge is 0.262 e. The maximum absolute atomic E-state index is 15.0. The third-order valence-corrected chi connectivity index (χ3v) is 6.39. The Morgan fingerprint density at radius 2 is 1.94 bits per heavy atom. The molecule has 1 fully saturated rings. The summed E-state index contributed by atoms with van der Waals surface area (Å²) in [5, 5.41) is 0. The lowest BCUT2D eigenvalue weighted by atomic mass is 9.86. The Hall–Kier alpha value is -3.06. The molecule has 7 heteroatoms. The number of anilines is 2. The average Bonchev–Trinajstić information content (AvgIpc) is 2.84. The Labute approximate surface area is 207 Å². The Balaban J connectivity index is 1.81. The monoisotopic (exact) mass is 478 g/mol. The molecule has 2 heterocycles. The van der Waals surface area contributed by atoms with Gasteiger partial charge in [0.1, 0.15) is 5.83 Å². The van der Waals surface area contributed by atoms with Gasteiger partial charge in [-0.05, 0) is 43.4 Å². The van der Waals surface area contributed by atoms with Crippen LogP contribution in [-0.2, 0) is 10.2 Å². The number of hydrogen-bond acceptors (Lipinski definition) is 5. The zero-order valence-corrected chi connectivity index (χ0v) is 21.3. The molecule has 1 aromatic heterocycles. The van der Waals surface area contributed by atoms with Crippen LogP contribution in [0.25, 0.3) is 5.57 Å². The third kappa shape index (κ3) is 5.45. The quantitative estimate of drug-likeness (QED) is 0.552. The van der Waals surface area contributed by atoms with Crippen LogP contribution in [0.15, 0.2) is 48.4 Å². The zero-order valence-electron chi connectivity index (χ0n) is 21.3. The maximum Gasteiger partial charge on any atom is 0.262 e. The average molecular weight is 479 g/mol. The Morgan fingerprint density at radius 3 is 2.60 bits per heavy atom. The van der Waals surface area contributed by atoms with Gasteiger partial charge in [0.2, 0.25) is 5.95 Å². The minimum Gasteiger partial charge on any atom is -0.378 e. The van der Waals surface area contributed by atoms with E-state index in [2.05, 4.69) is 37.9 Å². The van der Waals surface area contributed by atoms with Crippen molar-refractivity contribution in [3.8, 4) is 0 Å². The third-order valence-electron chi connectivity index (χ3n) is 6.39.